The van der Waals surface area contributed by atoms with Crippen LogP contribution in [0.4, 0.5) is 0 Å². The highest BCUT2D eigenvalue weighted by atomic mass is 32.2. The molecule has 0 saturated carbocycles. The summed E-state index contributed by atoms with van der Waals surface area (Å²) in [6.45, 7) is 2.61. The molecule has 7 heteroatoms. The molecular weight excluding hydrogens is 386 g/mol. The van der Waals surface area contributed by atoms with Crippen LogP contribution in [0.3, 0.4) is 0 Å². The van der Waals surface area contributed by atoms with Crippen molar-refractivity contribution in [2.24, 2.45) is 0 Å². The molecule has 0 spiro atoms. The van der Waals surface area contributed by atoms with Crippen molar-refractivity contribution in [1.82, 2.24) is 14.8 Å². The second-order valence-corrected chi connectivity index (χ2v) is 8.15. The number of aryl methyl sites for hydroxylation is 1. The van der Waals surface area contributed by atoms with Gasteiger partial charge in [-0.2, -0.15) is 0 Å². The molecule has 150 valence electrons. The lowest BCUT2D eigenvalue weighted by Crippen LogP contribution is -2.12. The van der Waals surface area contributed by atoms with Gasteiger partial charge in [0.25, 0.3) is 0 Å². The van der Waals surface area contributed by atoms with E-state index in [0.717, 1.165) is 28.7 Å². The molecule has 1 aliphatic rings. The van der Waals surface area contributed by atoms with Crippen molar-refractivity contribution in [1.29, 1.82) is 0 Å². The maximum absolute atomic E-state index is 12.1. The van der Waals surface area contributed by atoms with Gasteiger partial charge < -0.3 is 14.0 Å². The van der Waals surface area contributed by atoms with Crippen LogP contribution in [0, 0.1) is 0 Å². The molecule has 1 aliphatic heterocycles. The number of hydrogen-bond acceptors (Lipinski definition) is 6. The number of ether oxygens (including phenoxy) is 2. The van der Waals surface area contributed by atoms with E-state index in [1.165, 1.54) is 17.3 Å². The number of rotatable bonds is 7. The molecule has 1 fully saturated rings. The summed E-state index contributed by atoms with van der Waals surface area (Å²) < 4.78 is 12.9. The molecule has 0 bridgehead atoms. The Kier molecular flexibility index (Phi) is 5.85. The fourth-order valence-electron chi connectivity index (χ4n) is 3.44. The van der Waals surface area contributed by atoms with E-state index in [1.54, 1.807) is 7.11 Å². The van der Waals surface area contributed by atoms with Crippen molar-refractivity contribution < 1.29 is 14.3 Å². The van der Waals surface area contributed by atoms with E-state index >= 15 is 0 Å². The van der Waals surface area contributed by atoms with Crippen LogP contribution in [0.5, 0.6) is 5.75 Å². The van der Waals surface area contributed by atoms with Gasteiger partial charge in [-0.15, -0.1) is 10.2 Å². The number of aromatic nitrogens is 3. The first kappa shape index (κ1) is 19.5. The fourth-order valence-corrected chi connectivity index (χ4v) is 4.60. The second-order valence-electron chi connectivity index (χ2n) is 6.98. The van der Waals surface area contributed by atoms with Crippen LogP contribution >= 0.6 is 11.8 Å². The van der Waals surface area contributed by atoms with Gasteiger partial charge in [-0.25, -0.2) is 0 Å². The van der Waals surface area contributed by atoms with Crippen LogP contribution < -0.4 is 4.74 Å². The lowest BCUT2D eigenvalue weighted by atomic mass is 10.1. The molecule has 3 aromatic rings. The largest absolute Gasteiger partial charge is 0.496 e. The molecular formula is C22H23N3O3S. The highest BCUT2D eigenvalue weighted by Crippen LogP contribution is 2.35. The fraction of sp³-hybridized carbons (Fsp3) is 0.318. The van der Waals surface area contributed by atoms with E-state index < -0.39 is 0 Å². The van der Waals surface area contributed by atoms with Crippen LogP contribution in [-0.4, -0.2) is 39.2 Å². The number of carbonyl (C=O) groups is 1. The Morgan fingerprint density at radius 2 is 1.90 bits per heavy atom. The number of benzene rings is 2. The summed E-state index contributed by atoms with van der Waals surface area (Å²) >= 11 is 1.43. The Bertz CT molecular complexity index is 990. The lowest BCUT2D eigenvalue weighted by Gasteiger charge is -2.13. The third kappa shape index (κ3) is 4.29. The highest BCUT2D eigenvalue weighted by Gasteiger charge is 2.34. The van der Waals surface area contributed by atoms with E-state index in [4.69, 9.17) is 9.47 Å². The number of thioether (sulfide) groups is 1. The van der Waals surface area contributed by atoms with Gasteiger partial charge in [-0.1, -0.05) is 54.2 Å². The second kappa shape index (κ2) is 8.69. The first-order chi connectivity index (χ1) is 14.2. The standard InChI is InChI=1S/C22H23N3O3S/c1-15-14-19(21(26)28-15)29-22-24-23-20(17-10-6-7-11-18(17)27-2)25(22)13-12-16-8-4-3-5-9-16/h3-11,15,19H,12-14H2,1-2H3/t15-,19+/m0/s1. The van der Waals surface area contributed by atoms with Crippen LogP contribution in [0.15, 0.2) is 59.8 Å². The van der Waals surface area contributed by atoms with Gasteiger partial charge >= 0.3 is 5.97 Å². The molecule has 1 aromatic heterocycles. The number of hydrogen-bond donors (Lipinski definition) is 0. The van der Waals surface area contributed by atoms with E-state index in [2.05, 4.69) is 26.9 Å². The summed E-state index contributed by atoms with van der Waals surface area (Å²) in [5.41, 5.74) is 2.11. The number of carbonyl (C=O) groups excluding carboxylic acids is 1. The molecule has 2 atom stereocenters. The SMILES string of the molecule is COc1ccccc1-c1nnc(S[C@@H]2C[C@H](C)OC2=O)n1CCc1ccccc1. The number of cyclic esters (lactones) is 1. The molecule has 4 rings (SSSR count). The topological polar surface area (TPSA) is 66.2 Å². The average molecular weight is 410 g/mol. The maximum Gasteiger partial charge on any atom is 0.319 e. The molecule has 1 saturated heterocycles. The Hall–Kier alpha value is -2.80. The zero-order valence-electron chi connectivity index (χ0n) is 16.4. The Morgan fingerprint density at radius 3 is 2.62 bits per heavy atom. The van der Waals surface area contributed by atoms with Crippen molar-refractivity contribution in [2.45, 2.75) is 42.8 Å². The molecule has 0 radical (unpaired) electrons. The highest BCUT2D eigenvalue weighted by molar-refractivity contribution is 8.00. The van der Waals surface area contributed by atoms with Crippen LogP contribution in [0.25, 0.3) is 11.4 Å². The molecule has 0 amide bonds. The maximum atomic E-state index is 12.1. The zero-order chi connectivity index (χ0) is 20.2. The van der Waals surface area contributed by atoms with Crippen molar-refractivity contribution >= 4 is 17.7 Å². The smallest absolute Gasteiger partial charge is 0.319 e. The van der Waals surface area contributed by atoms with E-state index in [9.17, 15) is 4.79 Å². The van der Waals surface area contributed by atoms with Crippen molar-refractivity contribution in [2.75, 3.05) is 7.11 Å². The molecule has 29 heavy (non-hydrogen) atoms. The number of para-hydroxylation sites is 1. The van der Waals surface area contributed by atoms with Gasteiger partial charge in [0.05, 0.1) is 12.7 Å². The zero-order valence-corrected chi connectivity index (χ0v) is 17.3. The molecule has 0 aliphatic carbocycles. The predicted molar refractivity (Wildman–Crippen MR) is 112 cm³/mol. The quantitative estimate of drug-likeness (QED) is 0.550. The molecule has 0 unspecified atom stereocenters. The average Bonchev–Trinajstić information content (AvgIpc) is 3.29. The minimum atomic E-state index is -0.254. The Balaban J connectivity index is 1.67. The molecule has 6 nitrogen and oxygen atoms in total. The van der Waals surface area contributed by atoms with Crippen molar-refractivity contribution in [3.8, 4) is 17.1 Å². The van der Waals surface area contributed by atoms with Gasteiger partial charge in [-0.05, 0) is 31.0 Å². The first-order valence-corrected chi connectivity index (χ1v) is 10.5. The van der Waals surface area contributed by atoms with E-state index in [-0.39, 0.29) is 17.3 Å². The normalized spacial score (nSPS) is 18.6. The summed E-state index contributed by atoms with van der Waals surface area (Å²) in [4.78, 5) is 12.1. The van der Waals surface area contributed by atoms with Gasteiger partial charge in [0.2, 0.25) is 0 Å². The van der Waals surface area contributed by atoms with Crippen LogP contribution in [0.1, 0.15) is 18.9 Å². The van der Waals surface area contributed by atoms with E-state index in [1.807, 2.05) is 49.4 Å². The Morgan fingerprint density at radius 1 is 1.14 bits per heavy atom. The summed E-state index contributed by atoms with van der Waals surface area (Å²) in [5, 5.41) is 9.34. The van der Waals surface area contributed by atoms with Crippen molar-refractivity contribution in [3.63, 3.8) is 0 Å². The molecule has 2 aromatic carbocycles. The van der Waals surface area contributed by atoms with Crippen LogP contribution in [0.2, 0.25) is 0 Å². The third-order valence-corrected chi connectivity index (χ3v) is 6.09. The van der Waals surface area contributed by atoms with Crippen LogP contribution in [-0.2, 0) is 22.5 Å². The third-order valence-electron chi connectivity index (χ3n) is 4.91. The summed E-state index contributed by atoms with van der Waals surface area (Å²) in [5.74, 6) is 1.30. The van der Waals surface area contributed by atoms with Gasteiger partial charge in [-0.3, -0.25) is 4.79 Å². The number of methoxy groups -OCH3 is 1. The first-order valence-electron chi connectivity index (χ1n) is 9.63. The summed E-state index contributed by atoms with van der Waals surface area (Å²) in [6, 6.07) is 18.1. The minimum absolute atomic E-state index is 0.0608. The minimum Gasteiger partial charge on any atom is -0.496 e. The molecule has 0 N–H and O–H groups in total. The molecule has 2 heterocycles. The van der Waals surface area contributed by atoms with Crippen molar-refractivity contribution in [3.05, 3.63) is 60.2 Å². The lowest BCUT2D eigenvalue weighted by molar-refractivity contribution is -0.140. The predicted octanol–water partition coefficient (Wildman–Crippen LogP) is 3.99. The Labute approximate surface area is 174 Å². The summed E-state index contributed by atoms with van der Waals surface area (Å²) in [7, 11) is 1.65. The van der Waals surface area contributed by atoms with Gasteiger partial charge in [0.15, 0.2) is 11.0 Å². The van der Waals surface area contributed by atoms with Gasteiger partial charge in [0.1, 0.15) is 17.1 Å². The van der Waals surface area contributed by atoms with Gasteiger partial charge in [0, 0.05) is 13.0 Å². The number of esters is 1. The summed E-state index contributed by atoms with van der Waals surface area (Å²) in [6.07, 6.45) is 1.45. The van der Waals surface area contributed by atoms with E-state index in [0.29, 0.717) is 13.0 Å². The number of nitrogens with zero attached hydrogens (tertiary/aromatic N) is 3. The monoisotopic (exact) mass is 409 g/mol.